The van der Waals surface area contributed by atoms with Crippen LogP contribution in [0.3, 0.4) is 0 Å². The highest BCUT2D eigenvalue weighted by Crippen LogP contribution is 2.10. The number of nitrogens with zero attached hydrogens (tertiary/aromatic N) is 3. The van der Waals surface area contributed by atoms with Crippen LogP contribution in [0.5, 0.6) is 0 Å². The monoisotopic (exact) mass is 311 g/mol. The Kier molecular flexibility index (Phi) is 4.06. The smallest absolute Gasteiger partial charge is 0.258 e. The van der Waals surface area contributed by atoms with Gasteiger partial charge in [-0.2, -0.15) is 5.10 Å². The summed E-state index contributed by atoms with van der Waals surface area (Å²) in [6.45, 7) is 0.615. The van der Waals surface area contributed by atoms with Gasteiger partial charge in [0.2, 0.25) is 0 Å². The summed E-state index contributed by atoms with van der Waals surface area (Å²) in [6, 6.07) is 7.25. The molecule has 0 aromatic carbocycles. The Morgan fingerprint density at radius 1 is 1.32 bits per heavy atom. The minimum Gasteiger partial charge on any atom is -0.352 e. The van der Waals surface area contributed by atoms with Crippen molar-refractivity contribution in [2.45, 2.75) is 6.54 Å². The number of aromatic amines is 1. The number of pyridine rings is 2. The summed E-state index contributed by atoms with van der Waals surface area (Å²) in [5, 5.41) is 7.01. The van der Waals surface area contributed by atoms with Crippen LogP contribution in [0.4, 0.5) is 5.69 Å². The summed E-state index contributed by atoms with van der Waals surface area (Å²) in [6.07, 6.45) is 8.53. The molecule has 22 heavy (non-hydrogen) atoms. The normalized spacial score (nSPS) is 10.4. The summed E-state index contributed by atoms with van der Waals surface area (Å²) in [4.78, 5) is 19.0. The van der Waals surface area contributed by atoms with E-state index < -0.39 is 0 Å². The molecule has 0 saturated carbocycles. The van der Waals surface area contributed by atoms with Gasteiger partial charge < -0.3 is 10.3 Å². The molecule has 110 valence electrons. The van der Waals surface area contributed by atoms with Gasteiger partial charge in [-0.15, -0.1) is 0 Å². The highest BCUT2D eigenvalue weighted by molar-refractivity contribution is 7.71. The van der Waals surface area contributed by atoms with Crippen LogP contribution in [0.25, 0.3) is 0 Å². The van der Waals surface area contributed by atoms with Crippen molar-refractivity contribution in [3.63, 3.8) is 0 Å². The molecular weight excluding hydrogens is 298 g/mol. The summed E-state index contributed by atoms with van der Waals surface area (Å²) >= 11 is 5.09. The van der Waals surface area contributed by atoms with Gasteiger partial charge in [-0.3, -0.25) is 14.5 Å². The van der Waals surface area contributed by atoms with Crippen LogP contribution in [0.1, 0.15) is 15.9 Å². The van der Waals surface area contributed by atoms with Crippen molar-refractivity contribution in [3.05, 3.63) is 71.0 Å². The Bertz CT molecular complexity index is 840. The first-order valence-electron chi connectivity index (χ1n) is 6.63. The number of H-pyrrole nitrogens is 1. The van der Waals surface area contributed by atoms with Crippen LogP contribution in [0.2, 0.25) is 0 Å². The third-order valence-corrected chi connectivity index (χ3v) is 3.39. The average molecular weight is 311 g/mol. The molecule has 0 fully saturated rings. The first kappa shape index (κ1) is 14.2. The molecule has 3 rings (SSSR count). The molecule has 0 aliphatic heterocycles. The van der Waals surface area contributed by atoms with Crippen LogP contribution < -0.4 is 5.32 Å². The highest BCUT2D eigenvalue weighted by Gasteiger charge is 2.09. The molecule has 0 spiro atoms. The molecule has 7 heteroatoms. The third kappa shape index (κ3) is 3.26. The fourth-order valence-electron chi connectivity index (χ4n) is 1.99. The maximum absolute atomic E-state index is 12.2. The van der Waals surface area contributed by atoms with E-state index in [1.54, 1.807) is 47.8 Å². The molecule has 0 saturated heterocycles. The number of anilines is 1. The van der Waals surface area contributed by atoms with Crippen molar-refractivity contribution < 1.29 is 4.79 Å². The number of carbonyl (C=O) groups is 1. The van der Waals surface area contributed by atoms with E-state index in [2.05, 4.69) is 20.4 Å². The number of nitrogens with one attached hydrogen (secondary N) is 2. The second kappa shape index (κ2) is 6.31. The van der Waals surface area contributed by atoms with E-state index in [0.717, 1.165) is 5.56 Å². The van der Waals surface area contributed by atoms with Crippen molar-refractivity contribution in [1.82, 2.24) is 19.7 Å². The van der Waals surface area contributed by atoms with Crippen LogP contribution in [-0.4, -0.2) is 25.7 Å². The summed E-state index contributed by atoms with van der Waals surface area (Å²) < 4.78 is 2.15. The Balaban J connectivity index is 1.71. The average Bonchev–Trinajstić information content (AvgIpc) is 2.95. The number of amides is 1. The molecule has 0 atom stereocenters. The van der Waals surface area contributed by atoms with E-state index in [1.807, 2.05) is 12.1 Å². The number of hydrogen-bond donors (Lipinski definition) is 2. The minimum absolute atomic E-state index is 0.259. The predicted octanol–water partition coefficient (Wildman–Crippen LogP) is 2.64. The molecular formula is C15H13N5OS. The van der Waals surface area contributed by atoms with Crippen LogP contribution >= 0.6 is 12.2 Å². The van der Waals surface area contributed by atoms with Crippen molar-refractivity contribution in [1.29, 1.82) is 0 Å². The zero-order chi connectivity index (χ0) is 15.4. The minimum atomic E-state index is -0.259. The largest absolute Gasteiger partial charge is 0.352 e. The van der Waals surface area contributed by atoms with Crippen molar-refractivity contribution in [2.75, 3.05) is 5.32 Å². The Labute approximate surface area is 131 Å². The SMILES string of the molecule is O=C(Nc1cnn(Cc2ccncc2)c1)c1ccc[nH]c1=S. The molecule has 1 amide bonds. The molecule has 2 N–H and O–H groups in total. The van der Waals surface area contributed by atoms with Gasteiger partial charge in [-0.1, -0.05) is 12.2 Å². The first-order valence-corrected chi connectivity index (χ1v) is 7.03. The van der Waals surface area contributed by atoms with Crippen molar-refractivity contribution in [3.8, 4) is 0 Å². The second-order valence-corrected chi connectivity index (χ2v) is 5.06. The topological polar surface area (TPSA) is 75.6 Å². The van der Waals surface area contributed by atoms with E-state index in [9.17, 15) is 4.79 Å². The van der Waals surface area contributed by atoms with Gasteiger partial charge >= 0.3 is 0 Å². The van der Waals surface area contributed by atoms with Gasteiger partial charge in [0, 0.05) is 24.8 Å². The molecule has 3 aromatic rings. The zero-order valence-corrected chi connectivity index (χ0v) is 12.4. The standard InChI is InChI=1S/C15H13N5OS/c21-14(13-2-1-5-17-15(13)22)19-12-8-18-20(10-12)9-11-3-6-16-7-4-11/h1-8,10H,9H2,(H,17,22)(H,19,21). The third-order valence-electron chi connectivity index (χ3n) is 3.05. The van der Waals surface area contributed by atoms with Gasteiger partial charge in [0.05, 0.1) is 24.0 Å². The van der Waals surface area contributed by atoms with E-state index in [-0.39, 0.29) is 5.91 Å². The molecule has 3 aromatic heterocycles. The molecule has 0 unspecified atom stereocenters. The fourth-order valence-corrected chi connectivity index (χ4v) is 2.22. The summed E-state index contributed by atoms with van der Waals surface area (Å²) in [5.41, 5.74) is 2.14. The maximum atomic E-state index is 12.2. The van der Waals surface area contributed by atoms with Gasteiger partial charge in [-0.05, 0) is 29.8 Å². The van der Waals surface area contributed by atoms with Crippen LogP contribution in [0.15, 0.2) is 55.2 Å². The number of rotatable bonds is 4. The molecule has 0 aliphatic carbocycles. The lowest BCUT2D eigenvalue weighted by Gasteiger charge is -2.02. The van der Waals surface area contributed by atoms with E-state index in [4.69, 9.17) is 12.2 Å². The van der Waals surface area contributed by atoms with Gasteiger partial charge in [-0.25, -0.2) is 0 Å². The maximum Gasteiger partial charge on any atom is 0.258 e. The Hall–Kier alpha value is -2.80. The fraction of sp³-hybridized carbons (Fsp3) is 0.0667. The molecule has 0 radical (unpaired) electrons. The lowest BCUT2D eigenvalue weighted by molar-refractivity contribution is 0.102. The first-order chi connectivity index (χ1) is 10.7. The van der Waals surface area contributed by atoms with E-state index >= 15 is 0 Å². The van der Waals surface area contributed by atoms with Crippen LogP contribution in [-0.2, 0) is 6.54 Å². The molecule has 3 heterocycles. The molecule has 0 aliphatic rings. The van der Waals surface area contributed by atoms with Gasteiger partial charge in [0.25, 0.3) is 5.91 Å². The van der Waals surface area contributed by atoms with Crippen molar-refractivity contribution >= 4 is 23.8 Å². The Morgan fingerprint density at radius 3 is 2.91 bits per heavy atom. The summed E-state index contributed by atoms with van der Waals surface area (Å²) in [5.74, 6) is -0.259. The molecule has 0 bridgehead atoms. The van der Waals surface area contributed by atoms with E-state index in [0.29, 0.717) is 22.4 Å². The number of aromatic nitrogens is 4. The van der Waals surface area contributed by atoms with Gasteiger partial charge in [0.1, 0.15) is 4.64 Å². The van der Waals surface area contributed by atoms with Crippen LogP contribution in [0, 0.1) is 4.64 Å². The quantitative estimate of drug-likeness (QED) is 0.726. The summed E-state index contributed by atoms with van der Waals surface area (Å²) in [7, 11) is 0. The Morgan fingerprint density at radius 2 is 2.14 bits per heavy atom. The van der Waals surface area contributed by atoms with Crippen molar-refractivity contribution in [2.24, 2.45) is 0 Å². The second-order valence-electron chi connectivity index (χ2n) is 4.65. The predicted molar refractivity (Wildman–Crippen MR) is 85.1 cm³/mol. The zero-order valence-electron chi connectivity index (χ0n) is 11.6. The molecule has 6 nitrogen and oxygen atoms in total. The number of carbonyl (C=O) groups excluding carboxylic acids is 1. The highest BCUT2D eigenvalue weighted by atomic mass is 32.1. The van der Waals surface area contributed by atoms with Gasteiger partial charge in [0.15, 0.2) is 0 Å². The van der Waals surface area contributed by atoms with E-state index in [1.165, 1.54) is 0 Å². The lowest BCUT2D eigenvalue weighted by atomic mass is 10.2. The number of hydrogen-bond acceptors (Lipinski definition) is 4. The lowest BCUT2D eigenvalue weighted by Crippen LogP contribution is -2.12.